The van der Waals surface area contributed by atoms with Crippen molar-refractivity contribution in [1.82, 2.24) is 20.0 Å². The van der Waals surface area contributed by atoms with E-state index in [9.17, 15) is 4.79 Å². The molecule has 1 aliphatic rings. The minimum absolute atomic E-state index is 0.154. The number of carbonyl (C=O) groups excluding carboxylic acids is 1. The molecule has 0 unspecified atom stereocenters. The third-order valence-electron chi connectivity index (χ3n) is 4.76. The molecule has 5 nitrogen and oxygen atoms in total. The molecule has 1 amide bonds. The van der Waals surface area contributed by atoms with Crippen LogP contribution in [0.25, 0.3) is 5.69 Å². The van der Waals surface area contributed by atoms with Gasteiger partial charge in [-0.25, -0.2) is 4.68 Å². The maximum Gasteiger partial charge on any atom is 0.237 e. The van der Waals surface area contributed by atoms with Crippen molar-refractivity contribution in [3.05, 3.63) is 84.2 Å². The summed E-state index contributed by atoms with van der Waals surface area (Å²) in [7, 11) is 0. The van der Waals surface area contributed by atoms with Gasteiger partial charge in [-0.2, -0.15) is 5.10 Å². The lowest BCUT2D eigenvalue weighted by molar-refractivity contribution is -0.135. The van der Waals surface area contributed by atoms with Crippen LogP contribution in [0.4, 0.5) is 0 Å². The molecule has 0 bridgehead atoms. The van der Waals surface area contributed by atoms with Gasteiger partial charge >= 0.3 is 0 Å². The number of aromatic nitrogens is 2. The SMILES string of the molecule is O=C1CNC[C@H](Cc2ccccc2)N1Cc1cccc(-n2cccn2)c1. The van der Waals surface area contributed by atoms with E-state index in [4.69, 9.17) is 0 Å². The van der Waals surface area contributed by atoms with Gasteiger partial charge in [-0.3, -0.25) is 4.79 Å². The molecule has 0 aliphatic carbocycles. The van der Waals surface area contributed by atoms with Crippen LogP contribution in [-0.2, 0) is 17.8 Å². The highest BCUT2D eigenvalue weighted by Gasteiger charge is 2.27. The third kappa shape index (κ3) is 3.68. The van der Waals surface area contributed by atoms with Crippen LogP contribution in [0.3, 0.4) is 0 Å². The van der Waals surface area contributed by atoms with Crippen LogP contribution in [-0.4, -0.2) is 39.7 Å². The van der Waals surface area contributed by atoms with Crippen LogP contribution in [0.5, 0.6) is 0 Å². The van der Waals surface area contributed by atoms with E-state index in [0.717, 1.165) is 24.2 Å². The monoisotopic (exact) mass is 346 g/mol. The fraction of sp³-hybridized carbons (Fsp3) is 0.238. The van der Waals surface area contributed by atoms with Gasteiger partial charge in [0.15, 0.2) is 0 Å². The fourth-order valence-corrected chi connectivity index (χ4v) is 3.46. The molecule has 132 valence electrons. The number of carbonyl (C=O) groups is 1. The Labute approximate surface area is 153 Å². The largest absolute Gasteiger partial charge is 0.333 e. The number of hydrogen-bond donors (Lipinski definition) is 1. The fourth-order valence-electron chi connectivity index (χ4n) is 3.46. The molecule has 0 spiro atoms. The Morgan fingerprint density at radius 2 is 1.88 bits per heavy atom. The van der Waals surface area contributed by atoms with Gasteiger partial charge in [0.25, 0.3) is 0 Å². The second-order valence-corrected chi connectivity index (χ2v) is 6.62. The first-order chi connectivity index (χ1) is 12.8. The highest BCUT2D eigenvalue weighted by molar-refractivity contribution is 5.79. The summed E-state index contributed by atoms with van der Waals surface area (Å²) in [5.74, 6) is 0.154. The molecule has 3 aromatic rings. The van der Waals surface area contributed by atoms with Crippen molar-refractivity contribution < 1.29 is 4.79 Å². The van der Waals surface area contributed by atoms with Crippen molar-refractivity contribution in [2.45, 2.75) is 19.0 Å². The smallest absolute Gasteiger partial charge is 0.237 e. The summed E-state index contributed by atoms with van der Waals surface area (Å²) in [6.45, 7) is 1.84. The molecule has 4 rings (SSSR count). The number of nitrogens with one attached hydrogen (secondary N) is 1. The van der Waals surface area contributed by atoms with Crippen LogP contribution < -0.4 is 5.32 Å². The van der Waals surface area contributed by atoms with Crippen molar-refractivity contribution in [3.63, 3.8) is 0 Å². The summed E-state index contributed by atoms with van der Waals surface area (Å²) in [4.78, 5) is 14.6. The first-order valence-corrected chi connectivity index (χ1v) is 8.93. The van der Waals surface area contributed by atoms with Crippen molar-refractivity contribution >= 4 is 5.91 Å². The first-order valence-electron chi connectivity index (χ1n) is 8.93. The van der Waals surface area contributed by atoms with E-state index in [0.29, 0.717) is 13.1 Å². The second-order valence-electron chi connectivity index (χ2n) is 6.62. The lowest BCUT2D eigenvalue weighted by Gasteiger charge is -2.36. The van der Waals surface area contributed by atoms with Crippen molar-refractivity contribution in [3.8, 4) is 5.69 Å². The zero-order valence-electron chi connectivity index (χ0n) is 14.6. The van der Waals surface area contributed by atoms with Gasteiger partial charge in [-0.15, -0.1) is 0 Å². The van der Waals surface area contributed by atoms with Crippen LogP contribution in [0.2, 0.25) is 0 Å². The molecule has 0 radical (unpaired) electrons. The number of amides is 1. The van der Waals surface area contributed by atoms with Gasteiger partial charge in [0.05, 0.1) is 12.2 Å². The second kappa shape index (κ2) is 7.54. The van der Waals surface area contributed by atoms with E-state index >= 15 is 0 Å². The molecular formula is C21H22N4O. The predicted molar refractivity (Wildman–Crippen MR) is 101 cm³/mol. The molecule has 1 fully saturated rings. The van der Waals surface area contributed by atoms with Crippen molar-refractivity contribution in [1.29, 1.82) is 0 Å². The summed E-state index contributed by atoms with van der Waals surface area (Å²) in [6, 6.07) is 20.6. The van der Waals surface area contributed by atoms with E-state index in [1.807, 2.05) is 52.2 Å². The van der Waals surface area contributed by atoms with Gasteiger partial charge in [0, 0.05) is 31.5 Å². The number of rotatable bonds is 5. The molecule has 2 aromatic carbocycles. The number of hydrogen-bond acceptors (Lipinski definition) is 3. The standard InChI is InChI=1S/C21H22N4O/c26-21-15-22-14-20(12-17-6-2-1-3-7-17)24(21)16-18-8-4-9-19(13-18)25-11-5-10-23-25/h1-11,13,20,22H,12,14-16H2/t20-/m0/s1. The van der Waals surface area contributed by atoms with E-state index < -0.39 is 0 Å². The van der Waals surface area contributed by atoms with Gasteiger partial charge in [-0.1, -0.05) is 42.5 Å². The van der Waals surface area contributed by atoms with Crippen molar-refractivity contribution in [2.24, 2.45) is 0 Å². The van der Waals surface area contributed by atoms with Crippen LogP contribution in [0.1, 0.15) is 11.1 Å². The molecule has 1 aromatic heterocycles. The normalized spacial score (nSPS) is 17.5. The van der Waals surface area contributed by atoms with Gasteiger partial charge < -0.3 is 10.2 Å². The van der Waals surface area contributed by atoms with Gasteiger partial charge in [0.1, 0.15) is 0 Å². The molecule has 5 heteroatoms. The summed E-state index contributed by atoms with van der Waals surface area (Å²) >= 11 is 0. The Kier molecular flexibility index (Phi) is 4.80. The van der Waals surface area contributed by atoms with Crippen LogP contribution in [0, 0.1) is 0 Å². The maximum atomic E-state index is 12.6. The lowest BCUT2D eigenvalue weighted by Crippen LogP contribution is -2.55. The molecule has 1 aliphatic heterocycles. The third-order valence-corrected chi connectivity index (χ3v) is 4.76. The Morgan fingerprint density at radius 1 is 1.04 bits per heavy atom. The van der Waals surface area contributed by atoms with E-state index in [1.165, 1.54) is 5.56 Å². The minimum atomic E-state index is 0.154. The van der Waals surface area contributed by atoms with Crippen molar-refractivity contribution in [2.75, 3.05) is 13.1 Å². The topological polar surface area (TPSA) is 50.2 Å². The average molecular weight is 346 g/mol. The molecule has 1 N–H and O–H groups in total. The summed E-state index contributed by atoms with van der Waals surface area (Å²) in [6.07, 6.45) is 4.55. The van der Waals surface area contributed by atoms with Gasteiger partial charge in [-0.05, 0) is 35.7 Å². The van der Waals surface area contributed by atoms with E-state index in [2.05, 4.69) is 34.7 Å². The molecule has 26 heavy (non-hydrogen) atoms. The van der Waals surface area contributed by atoms with Gasteiger partial charge in [0.2, 0.25) is 5.91 Å². The molecule has 2 heterocycles. The Morgan fingerprint density at radius 3 is 2.69 bits per heavy atom. The highest BCUT2D eigenvalue weighted by atomic mass is 16.2. The van der Waals surface area contributed by atoms with Crippen LogP contribution in [0.15, 0.2) is 73.1 Å². The van der Waals surface area contributed by atoms with E-state index in [-0.39, 0.29) is 11.9 Å². The number of piperazine rings is 1. The molecule has 0 saturated carbocycles. The minimum Gasteiger partial charge on any atom is -0.333 e. The first kappa shape index (κ1) is 16.5. The zero-order chi connectivity index (χ0) is 17.8. The predicted octanol–water partition coefficient (Wildman–Crippen LogP) is 2.42. The zero-order valence-corrected chi connectivity index (χ0v) is 14.6. The summed E-state index contributed by atoms with van der Waals surface area (Å²) < 4.78 is 1.84. The Bertz CT molecular complexity index is 861. The van der Waals surface area contributed by atoms with E-state index in [1.54, 1.807) is 6.20 Å². The molecule has 1 saturated heterocycles. The average Bonchev–Trinajstić information content (AvgIpc) is 3.21. The van der Waals surface area contributed by atoms with Crippen LogP contribution >= 0.6 is 0 Å². The number of benzene rings is 2. The Balaban J connectivity index is 1.54. The summed E-state index contributed by atoms with van der Waals surface area (Å²) in [5.41, 5.74) is 3.38. The molecular weight excluding hydrogens is 324 g/mol. The molecule has 1 atom stereocenters. The lowest BCUT2D eigenvalue weighted by atomic mass is 10.0. The quantitative estimate of drug-likeness (QED) is 0.772. The Hall–Kier alpha value is -2.92. The summed E-state index contributed by atoms with van der Waals surface area (Å²) in [5, 5.41) is 7.54. The highest BCUT2D eigenvalue weighted by Crippen LogP contribution is 2.17. The maximum absolute atomic E-state index is 12.6. The number of nitrogens with zero attached hydrogens (tertiary/aromatic N) is 3.